The molecule has 0 aliphatic rings. The number of hydrogen-bond acceptors (Lipinski definition) is 5. The third kappa shape index (κ3) is 4.36. The number of hydrogen-bond donors (Lipinski definition) is 1. The summed E-state index contributed by atoms with van der Waals surface area (Å²) in [6, 6.07) is 14.9. The number of methoxy groups -OCH3 is 1. The van der Waals surface area contributed by atoms with Crippen LogP contribution in [-0.4, -0.2) is 21.3 Å². The molecular weight excluding hydrogens is 381 g/mol. The van der Waals surface area contributed by atoms with Crippen molar-refractivity contribution in [1.82, 2.24) is 0 Å². The van der Waals surface area contributed by atoms with E-state index in [0.717, 1.165) is 21.5 Å². The lowest BCUT2D eigenvalue weighted by atomic mass is 10.2. The van der Waals surface area contributed by atoms with Crippen molar-refractivity contribution in [2.45, 2.75) is 5.78 Å². The smallest absolute Gasteiger partial charge is 0.356 e. The molecule has 124 valence electrons. The van der Waals surface area contributed by atoms with E-state index in [1.54, 1.807) is 7.11 Å². The van der Waals surface area contributed by atoms with E-state index in [-0.39, 0.29) is 0 Å². The van der Waals surface area contributed by atoms with Gasteiger partial charge in [-0.2, -0.15) is 0 Å². The molecular formula is C16H19BrNO4P. The lowest BCUT2D eigenvalue weighted by Gasteiger charge is -2.26. The summed E-state index contributed by atoms with van der Waals surface area (Å²) >= 11 is 3.40. The highest BCUT2D eigenvalue weighted by Gasteiger charge is 2.35. The second-order valence-corrected chi connectivity index (χ2v) is 7.97. The minimum absolute atomic E-state index is 0.626. The fourth-order valence-electron chi connectivity index (χ4n) is 2.12. The summed E-state index contributed by atoms with van der Waals surface area (Å²) in [5, 5.41) is 3.22. The van der Waals surface area contributed by atoms with Gasteiger partial charge in [0.25, 0.3) is 0 Å². The summed E-state index contributed by atoms with van der Waals surface area (Å²) < 4.78 is 29.4. The van der Waals surface area contributed by atoms with Gasteiger partial charge in [-0.05, 0) is 42.0 Å². The molecule has 0 spiro atoms. The van der Waals surface area contributed by atoms with E-state index in [1.807, 2.05) is 48.5 Å². The first-order chi connectivity index (χ1) is 11.0. The van der Waals surface area contributed by atoms with Crippen LogP contribution in [0, 0.1) is 0 Å². The molecule has 0 fully saturated rings. The van der Waals surface area contributed by atoms with E-state index < -0.39 is 13.4 Å². The average molecular weight is 400 g/mol. The predicted molar refractivity (Wildman–Crippen MR) is 95.1 cm³/mol. The normalized spacial score (nSPS) is 12.7. The second kappa shape index (κ2) is 7.97. The molecule has 0 aliphatic carbocycles. The summed E-state index contributed by atoms with van der Waals surface area (Å²) in [6.45, 7) is 0. The first kappa shape index (κ1) is 18.0. The van der Waals surface area contributed by atoms with Crippen molar-refractivity contribution >= 4 is 29.2 Å². The zero-order valence-corrected chi connectivity index (χ0v) is 15.6. The van der Waals surface area contributed by atoms with E-state index in [0.29, 0.717) is 0 Å². The molecule has 2 aromatic carbocycles. The summed E-state index contributed by atoms with van der Waals surface area (Å²) in [7, 11) is 1.000. The molecule has 5 nitrogen and oxygen atoms in total. The third-order valence-corrected chi connectivity index (χ3v) is 6.01. The largest absolute Gasteiger partial charge is 0.497 e. The molecule has 0 unspecified atom stereocenters. The average Bonchev–Trinajstić information content (AvgIpc) is 2.60. The van der Waals surface area contributed by atoms with Gasteiger partial charge in [-0.1, -0.05) is 28.1 Å². The Bertz CT molecular complexity index is 667. The standard InChI is InChI=1S/C16H19BrNO4P/c1-20-15-10-8-14(9-11-15)18-16(23(19,21-2)22-3)12-4-6-13(17)7-5-12/h4-11,16,18H,1-3H3/t16-/m1/s1. The molecule has 0 aromatic heterocycles. The SMILES string of the molecule is COc1ccc(N[C@@H](c2ccc(Br)cc2)P(=O)(OC)OC)cc1. The van der Waals surface area contributed by atoms with Crippen molar-refractivity contribution in [2.75, 3.05) is 26.6 Å². The molecule has 2 aromatic rings. The van der Waals surface area contributed by atoms with E-state index in [4.69, 9.17) is 13.8 Å². The molecule has 0 saturated heterocycles. The maximum Gasteiger partial charge on any atom is 0.356 e. The number of rotatable bonds is 7. The van der Waals surface area contributed by atoms with Gasteiger partial charge in [0.15, 0.2) is 5.78 Å². The minimum Gasteiger partial charge on any atom is -0.497 e. The van der Waals surface area contributed by atoms with Crippen molar-refractivity contribution in [3.8, 4) is 5.75 Å². The fraction of sp³-hybridized carbons (Fsp3) is 0.250. The van der Waals surface area contributed by atoms with Crippen LogP contribution < -0.4 is 10.1 Å². The number of halogens is 1. The minimum atomic E-state index is -3.37. The summed E-state index contributed by atoms with van der Waals surface area (Å²) in [6.07, 6.45) is 0. The Labute approximate surface area is 144 Å². The molecule has 0 amide bonds. The molecule has 0 saturated carbocycles. The third-order valence-electron chi connectivity index (χ3n) is 3.40. The summed E-state index contributed by atoms with van der Waals surface area (Å²) in [5.74, 6) is 0.122. The molecule has 2 rings (SSSR count). The number of ether oxygens (including phenoxy) is 1. The van der Waals surface area contributed by atoms with Crippen LogP contribution in [0.25, 0.3) is 0 Å². The highest BCUT2D eigenvalue weighted by molar-refractivity contribution is 9.10. The Morgan fingerprint density at radius 1 is 0.957 bits per heavy atom. The van der Waals surface area contributed by atoms with Crippen LogP contribution in [0.4, 0.5) is 5.69 Å². The molecule has 0 heterocycles. The van der Waals surface area contributed by atoms with Crippen LogP contribution in [0.15, 0.2) is 53.0 Å². The highest BCUT2D eigenvalue weighted by Crippen LogP contribution is 2.59. The van der Waals surface area contributed by atoms with Crippen molar-refractivity contribution < 1.29 is 18.3 Å². The maximum absolute atomic E-state index is 12.9. The van der Waals surface area contributed by atoms with E-state index in [2.05, 4.69) is 21.2 Å². The van der Waals surface area contributed by atoms with Crippen molar-refractivity contribution in [3.63, 3.8) is 0 Å². The Morgan fingerprint density at radius 2 is 1.52 bits per heavy atom. The van der Waals surface area contributed by atoms with Crippen LogP contribution >= 0.6 is 23.5 Å². The van der Waals surface area contributed by atoms with Gasteiger partial charge in [0.05, 0.1) is 7.11 Å². The van der Waals surface area contributed by atoms with E-state index in [1.165, 1.54) is 14.2 Å². The second-order valence-electron chi connectivity index (χ2n) is 4.73. The maximum atomic E-state index is 12.9. The molecule has 1 atom stereocenters. The number of anilines is 1. The van der Waals surface area contributed by atoms with Gasteiger partial charge in [-0.25, -0.2) is 0 Å². The van der Waals surface area contributed by atoms with Gasteiger partial charge >= 0.3 is 7.60 Å². The van der Waals surface area contributed by atoms with Crippen molar-refractivity contribution in [1.29, 1.82) is 0 Å². The lowest BCUT2D eigenvalue weighted by molar-refractivity contribution is 0.268. The first-order valence-corrected chi connectivity index (χ1v) is 9.30. The highest BCUT2D eigenvalue weighted by atomic mass is 79.9. The van der Waals surface area contributed by atoms with Crippen LogP contribution in [0.3, 0.4) is 0 Å². The quantitative estimate of drug-likeness (QED) is 0.659. The first-order valence-electron chi connectivity index (χ1n) is 6.89. The van der Waals surface area contributed by atoms with E-state index >= 15 is 0 Å². The Balaban J connectivity index is 2.36. The predicted octanol–water partition coefficient (Wildman–Crippen LogP) is 5.05. The number of nitrogens with one attached hydrogen (secondary N) is 1. The summed E-state index contributed by atoms with van der Waals surface area (Å²) in [5.41, 5.74) is 1.59. The summed E-state index contributed by atoms with van der Waals surface area (Å²) in [4.78, 5) is 0. The zero-order valence-electron chi connectivity index (χ0n) is 13.2. The molecule has 0 radical (unpaired) electrons. The van der Waals surface area contributed by atoms with Gasteiger partial charge in [-0.3, -0.25) is 4.57 Å². The number of benzene rings is 2. The van der Waals surface area contributed by atoms with Gasteiger partial charge in [0.2, 0.25) is 0 Å². The van der Waals surface area contributed by atoms with Crippen molar-refractivity contribution in [3.05, 3.63) is 58.6 Å². The molecule has 23 heavy (non-hydrogen) atoms. The van der Waals surface area contributed by atoms with Crippen molar-refractivity contribution in [2.24, 2.45) is 0 Å². The fourth-order valence-corrected chi connectivity index (χ4v) is 3.80. The van der Waals surface area contributed by atoms with Crippen LogP contribution in [0.2, 0.25) is 0 Å². The van der Waals surface area contributed by atoms with Crippen LogP contribution in [-0.2, 0) is 13.6 Å². The zero-order chi connectivity index (χ0) is 16.9. The van der Waals surface area contributed by atoms with Gasteiger partial charge in [0.1, 0.15) is 5.75 Å². The Kier molecular flexibility index (Phi) is 6.25. The molecule has 0 aliphatic heterocycles. The molecule has 7 heteroatoms. The monoisotopic (exact) mass is 399 g/mol. The Hall–Kier alpha value is -1.33. The van der Waals surface area contributed by atoms with Crippen LogP contribution in [0.1, 0.15) is 11.3 Å². The van der Waals surface area contributed by atoms with E-state index in [9.17, 15) is 4.57 Å². The lowest BCUT2D eigenvalue weighted by Crippen LogP contribution is -2.13. The van der Waals surface area contributed by atoms with Gasteiger partial charge < -0.3 is 19.1 Å². The van der Waals surface area contributed by atoms with Gasteiger partial charge in [-0.15, -0.1) is 0 Å². The van der Waals surface area contributed by atoms with Crippen LogP contribution in [0.5, 0.6) is 5.75 Å². The van der Waals surface area contributed by atoms with Gasteiger partial charge in [0, 0.05) is 24.4 Å². The molecule has 0 bridgehead atoms. The molecule has 1 N–H and O–H groups in total. The Morgan fingerprint density at radius 3 is 2.00 bits per heavy atom. The topological polar surface area (TPSA) is 56.8 Å².